The van der Waals surface area contributed by atoms with Gasteiger partial charge >= 0.3 is 5.97 Å². The van der Waals surface area contributed by atoms with Crippen LogP contribution in [-0.2, 0) is 4.79 Å². The molecule has 4 rings (SSSR count). The fourth-order valence-corrected chi connectivity index (χ4v) is 3.95. The maximum atomic E-state index is 13.4. The highest BCUT2D eigenvalue weighted by Gasteiger charge is 2.53. The van der Waals surface area contributed by atoms with Crippen molar-refractivity contribution in [1.29, 1.82) is 0 Å². The Hall–Kier alpha value is -2.86. The zero-order valence-corrected chi connectivity index (χ0v) is 14.4. The third-order valence-electron chi connectivity index (χ3n) is 5.37. The van der Waals surface area contributed by atoms with Gasteiger partial charge in [0.2, 0.25) is 0 Å². The second-order valence-electron chi connectivity index (χ2n) is 6.77. The third-order valence-corrected chi connectivity index (χ3v) is 5.37. The van der Waals surface area contributed by atoms with Crippen LogP contribution < -0.4 is 15.1 Å². The summed E-state index contributed by atoms with van der Waals surface area (Å²) in [5.41, 5.74) is 1.44. The molecule has 2 N–H and O–H groups in total. The van der Waals surface area contributed by atoms with Crippen molar-refractivity contribution in [3.05, 3.63) is 60.2 Å². The molecule has 2 saturated heterocycles. The monoisotopic (exact) mass is 351 g/mol. The first-order valence-corrected chi connectivity index (χ1v) is 8.81. The molecule has 1 spiro atoms. The SMILES string of the molecule is O=C(O)c1ccc(N2CN(c3ccccc3)C3(CCNCC3)C2=O)cc1. The molecule has 2 aliphatic rings. The van der Waals surface area contributed by atoms with Crippen molar-refractivity contribution >= 4 is 23.3 Å². The Balaban J connectivity index is 1.71. The van der Waals surface area contributed by atoms with Gasteiger partial charge in [0.05, 0.1) is 12.2 Å². The van der Waals surface area contributed by atoms with E-state index in [4.69, 9.17) is 5.11 Å². The molecule has 0 aliphatic carbocycles. The Morgan fingerprint density at radius 3 is 2.23 bits per heavy atom. The van der Waals surface area contributed by atoms with Gasteiger partial charge in [-0.3, -0.25) is 9.69 Å². The number of carboxylic acids is 1. The molecule has 2 aliphatic heterocycles. The molecule has 6 nitrogen and oxygen atoms in total. The van der Waals surface area contributed by atoms with Gasteiger partial charge in [0.25, 0.3) is 5.91 Å². The van der Waals surface area contributed by atoms with E-state index in [0.717, 1.165) is 37.3 Å². The second-order valence-corrected chi connectivity index (χ2v) is 6.77. The van der Waals surface area contributed by atoms with Gasteiger partial charge in [-0.05, 0) is 62.3 Å². The van der Waals surface area contributed by atoms with Crippen molar-refractivity contribution in [1.82, 2.24) is 5.32 Å². The predicted molar refractivity (Wildman–Crippen MR) is 99.5 cm³/mol. The molecule has 0 radical (unpaired) electrons. The Morgan fingerprint density at radius 2 is 1.62 bits per heavy atom. The van der Waals surface area contributed by atoms with E-state index in [9.17, 15) is 9.59 Å². The van der Waals surface area contributed by atoms with Crippen LogP contribution in [0.3, 0.4) is 0 Å². The average Bonchev–Trinajstić information content (AvgIpc) is 2.95. The number of hydrogen-bond donors (Lipinski definition) is 2. The highest BCUT2D eigenvalue weighted by molar-refractivity contribution is 6.06. The Morgan fingerprint density at radius 1 is 0.962 bits per heavy atom. The summed E-state index contributed by atoms with van der Waals surface area (Å²) >= 11 is 0. The number of para-hydroxylation sites is 1. The van der Waals surface area contributed by atoms with Crippen molar-refractivity contribution < 1.29 is 14.7 Å². The fourth-order valence-electron chi connectivity index (χ4n) is 3.95. The number of carbonyl (C=O) groups excluding carboxylic acids is 1. The number of amides is 1. The first-order valence-electron chi connectivity index (χ1n) is 8.81. The maximum Gasteiger partial charge on any atom is 0.335 e. The normalized spacial score (nSPS) is 19.2. The van der Waals surface area contributed by atoms with Gasteiger partial charge in [0.1, 0.15) is 5.54 Å². The number of nitrogens with one attached hydrogen (secondary N) is 1. The molecule has 0 atom stereocenters. The largest absolute Gasteiger partial charge is 0.478 e. The number of rotatable bonds is 3. The van der Waals surface area contributed by atoms with Crippen molar-refractivity contribution in [2.75, 3.05) is 29.6 Å². The molecule has 2 heterocycles. The van der Waals surface area contributed by atoms with E-state index in [1.165, 1.54) is 0 Å². The minimum atomic E-state index is -0.968. The van der Waals surface area contributed by atoms with Crippen LogP contribution in [0.15, 0.2) is 54.6 Å². The van der Waals surface area contributed by atoms with Crippen LogP contribution in [0.5, 0.6) is 0 Å². The zero-order chi connectivity index (χ0) is 18.1. The zero-order valence-electron chi connectivity index (χ0n) is 14.4. The van der Waals surface area contributed by atoms with Gasteiger partial charge in [-0.1, -0.05) is 18.2 Å². The molecule has 0 bridgehead atoms. The maximum absolute atomic E-state index is 13.4. The first kappa shape index (κ1) is 16.6. The number of carbonyl (C=O) groups is 2. The van der Waals surface area contributed by atoms with Crippen LogP contribution in [0, 0.1) is 0 Å². The highest BCUT2D eigenvalue weighted by atomic mass is 16.4. The smallest absolute Gasteiger partial charge is 0.335 e. The van der Waals surface area contributed by atoms with Crippen molar-refractivity contribution in [2.45, 2.75) is 18.4 Å². The lowest BCUT2D eigenvalue weighted by Gasteiger charge is -2.39. The molecule has 0 aromatic heterocycles. The topological polar surface area (TPSA) is 72.9 Å². The van der Waals surface area contributed by atoms with Crippen LogP contribution in [0.1, 0.15) is 23.2 Å². The van der Waals surface area contributed by atoms with Gasteiger partial charge in [0.15, 0.2) is 0 Å². The molecular weight excluding hydrogens is 330 g/mol. The van der Waals surface area contributed by atoms with E-state index in [-0.39, 0.29) is 11.5 Å². The van der Waals surface area contributed by atoms with Crippen molar-refractivity contribution in [3.63, 3.8) is 0 Å². The molecule has 0 saturated carbocycles. The van der Waals surface area contributed by atoms with E-state index < -0.39 is 11.5 Å². The Kier molecular flexibility index (Phi) is 4.12. The Bertz CT molecular complexity index is 814. The molecule has 26 heavy (non-hydrogen) atoms. The molecule has 2 aromatic carbocycles. The summed E-state index contributed by atoms with van der Waals surface area (Å²) in [6.07, 6.45) is 1.51. The molecule has 2 fully saturated rings. The number of carboxylic acid groups (broad SMARTS) is 1. The van der Waals surface area contributed by atoms with E-state index >= 15 is 0 Å². The van der Waals surface area contributed by atoms with E-state index in [1.54, 1.807) is 29.2 Å². The lowest BCUT2D eigenvalue weighted by molar-refractivity contribution is -0.122. The molecule has 0 unspecified atom stereocenters. The summed E-state index contributed by atoms with van der Waals surface area (Å²) in [4.78, 5) is 28.5. The Labute approximate surface area is 152 Å². The summed E-state index contributed by atoms with van der Waals surface area (Å²) in [6, 6.07) is 16.5. The van der Waals surface area contributed by atoms with Gasteiger partial charge in [-0.2, -0.15) is 0 Å². The quantitative estimate of drug-likeness (QED) is 0.888. The summed E-state index contributed by atoms with van der Waals surface area (Å²) in [7, 11) is 0. The number of aromatic carboxylic acids is 1. The summed E-state index contributed by atoms with van der Waals surface area (Å²) in [5, 5.41) is 12.4. The van der Waals surface area contributed by atoms with Crippen LogP contribution in [0.25, 0.3) is 0 Å². The molecule has 1 amide bonds. The lowest BCUT2D eigenvalue weighted by atomic mass is 9.86. The summed E-state index contributed by atoms with van der Waals surface area (Å²) in [6.45, 7) is 2.08. The number of nitrogens with zero attached hydrogens (tertiary/aromatic N) is 2. The number of hydrogen-bond acceptors (Lipinski definition) is 4. The average molecular weight is 351 g/mol. The number of piperidine rings is 1. The van der Waals surface area contributed by atoms with Crippen LogP contribution in [-0.4, -0.2) is 42.3 Å². The molecule has 134 valence electrons. The first-order chi connectivity index (χ1) is 12.6. The van der Waals surface area contributed by atoms with Gasteiger partial charge in [-0.25, -0.2) is 4.79 Å². The standard InChI is InChI=1S/C20H21N3O3/c24-18(25)15-6-8-16(9-7-15)22-14-23(17-4-2-1-3-5-17)20(19(22)26)10-12-21-13-11-20/h1-9,21H,10-14H2,(H,24,25). The minimum Gasteiger partial charge on any atom is -0.478 e. The van der Waals surface area contributed by atoms with Crippen molar-refractivity contribution in [3.8, 4) is 0 Å². The molecule has 2 aromatic rings. The van der Waals surface area contributed by atoms with Gasteiger partial charge < -0.3 is 15.3 Å². The summed E-state index contributed by atoms with van der Waals surface area (Å²) < 4.78 is 0. The minimum absolute atomic E-state index is 0.0888. The van der Waals surface area contributed by atoms with Crippen LogP contribution >= 0.6 is 0 Å². The molecular formula is C20H21N3O3. The van der Waals surface area contributed by atoms with E-state index in [1.807, 2.05) is 30.3 Å². The van der Waals surface area contributed by atoms with Crippen LogP contribution in [0.2, 0.25) is 0 Å². The predicted octanol–water partition coefficient (Wildman–Crippen LogP) is 2.32. The second kappa shape index (κ2) is 6.46. The summed E-state index contributed by atoms with van der Waals surface area (Å²) in [5.74, 6) is -0.879. The number of anilines is 2. The van der Waals surface area contributed by atoms with E-state index in [0.29, 0.717) is 6.67 Å². The van der Waals surface area contributed by atoms with Gasteiger partial charge in [-0.15, -0.1) is 0 Å². The number of benzene rings is 2. The van der Waals surface area contributed by atoms with Crippen LogP contribution in [0.4, 0.5) is 11.4 Å². The highest BCUT2D eigenvalue weighted by Crippen LogP contribution is 2.39. The van der Waals surface area contributed by atoms with Crippen molar-refractivity contribution in [2.24, 2.45) is 0 Å². The third kappa shape index (κ3) is 2.63. The fraction of sp³-hybridized carbons (Fsp3) is 0.300. The molecule has 6 heteroatoms. The lowest BCUT2D eigenvalue weighted by Crippen LogP contribution is -2.55. The van der Waals surface area contributed by atoms with Gasteiger partial charge in [0, 0.05) is 11.4 Å². The van der Waals surface area contributed by atoms with E-state index in [2.05, 4.69) is 10.2 Å².